The quantitative estimate of drug-likeness (QED) is 0.870. The van der Waals surface area contributed by atoms with Crippen LogP contribution in [0.4, 0.5) is 4.39 Å². The lowest BCUT2D eigenvalue weighted by molar-refractivity contribution is 0.0524. The summed E-state index contributed by atoms with van der Waals surface area (Å²) in [6.07, 6.45) is 1.30. The molecule has 2 aromatic rings. The minimum absolute atomic E-state index is 0.121. The van der Waals surface area contributed by atoms with Gasteiger partial charge in [0, 0.05) is 18.1 Å². The third kappa shape index (κ3) is 2.80. The fraction of sp³-hybridized carbons (Fsp3) is 0.333. The highest BCUT2D eigenvalue weighted by molar-refractivity contribution is 5.94. The maximum Gasteiger partial charge on any atom is 0.343 e. The first-order valence-electron chi connectivity index (χ1n) is 6.60. The van der Waals surface area contributed by atoms with Crippen molar-refractivity contribution in [2.24, 2.45) is 0 Å². The van der Waals surface area contributed by atoms with Gasteiger partial charge in [0.15, 0.2) is 0 Å². The van der Waals surface area contributed by atoms with E-state index in [9.17, 15) is 14.0 Å². The molecule has 5 nitrogen and oxygen atoms in total. The molecule has 0 unspecified atom stereocenters. The number of hydrogen-bond donors (Lipinski definition) is 1. The van der Waals surface area contributed by atoms with Gasteiger partial charge in [-0.15, -0.1) is 0 Å². The molecule has 0 amide bonds. The molecule has 112 valence electrons. The molecule has 0 radical (unpaired) electrons. The average molecular weight is 293 g/mol. The minimum atomic E-state index is -0.724. The van der Waals surface area contributed by atoms with Gasteiger partial charge in [-0.3, -0.25) is 4.79 Å². The van der Waals surface area contributed by atoms with Crippen LogP contribution in [-0.4, -0.2) is 28.9 Å². The molecule has 0 fully saturated rings. The van der Waals surface area contributed by atoms with E-state index in [1.165, 1.54) is 22.9 Å². The van der Waals surface area contributed by atoms with Crippen molar-refractivity contribution in [3.63, 3.8) is 0 Å². The van der Waals surface area contributed by atoms with E-state index in [0.717, 1.165) is 0 Å². The number of aliphatic hydroxyl groups excluding tert-OH is 1. The van der Waals surface area contributed by atoms with Crippen LogP contribution in [0.5, 0.6) is 0 Å². The summed E-state index contributed by atoms with van der Waals surface area (Å²) in [6.45, 7) is 3.28. The van der Waals surface area contributed by atoms with E-state index >= 15 is 0 Å². The van der Waals surface area contributed by atoms with Gasteiger partial charge in [-0.1, -0.05) is 0 Å². The minimum Gasteiger partial charge on any atom is -0.462 e. The summed E-state index contributed by atoms with van der Waals surface area (Å²) < 4.78 is 20.0. The van der Waals surface area contributed by atoms with Gasteiger partial charge < -0.3 is 14.4 Å². The second-order valence-corrected chi connectivity index (χ2v) is 4.63. The SMILES string of the molecule is CCOC(=O)c1cn(CCO)c2cc(F)c(C)cc2c1=O. The summed E-state index contributed by atoms with van der Waals surface area (Å²) in [7, 11) is 0. The third-order valence-electron chi connectivity index (χ3n) is 3.20. The molecule has 0 atom stereocenters. The summed E-state index contributed by atoms with van der Waals surface area (Å²) in [6, 6.07) is 2.64. The molecule has 0 spiro atoms. The Morgan fingerprint density at radius 2 is 2.14 bits per heavy atom. The molecule has 21 heavy (non-hydrogen) atoms. The Morgan fingerprint density at radius 3 is 2.76 bits per heavy atom. The number of aliphatic hydroxyl groups is 1. The lowest BCUT2D eigenvalue weighted by atomic mass is 10.1. The van der Waals surface area contributed by atoms with E-state index in [-0.39, 0.29) is 30.7 Å². The Balaban J connectivity index is 2.79. The number of fused-ring (bicyclic) bond motifs is 1. The van der Waals surface area contributed by atoms with Gasteiger partial charge in [-0.2, -0.15) is 0 Å². The zero-order valence-electron chi connectivity index (χ0n) is 11.9. The van der Waals surface area contributed by atoms with Crippen molar-refractivity contribution in [2.75, 3.05) is 13.2 Å². The third-order valence-corrected chi connectivity index (χ3v) is 3.20. The van der Waals surface area contributed by atoms with Crippen molar-refractivity contribution >= 4 is 16.9 Å². The number of nitrogens with zero attached hydrogens (tertiary/aromatic N) is 1. The smallest absolute Gasteiger partial charge is 0.343 e. The molecular formula is C15H16FNO4. The number of carbonyl (C=O) groups excluding carboxylic acids is 1. The lowest BCUT2D eigenvalue weighted by Gasteiger charge is -2.13. The molecule has 1 N–H and O–H groups in total. The van der Waals surface area contributed by atoms with Crippen LogP contribution in [0, 0.1) is 12.7 Å². The van der Waals surface area contributed by atoms with Crippen LogP contribution in [-0.2, 0) is 11.3 Å². The van der Waals surface area contributed by atoms with Gasteiger partial charge in [0.2, 0.25) is 5.43 Å². The first kappa shape index (κ1) is 15.2. The lowest BCUT2D eigenvalue weighted by Crippen LogP contribution is -2.21. The zero-order chi connectivity index (χ0) is 15.6. The van der Waals surface area contributed by atoms with E-state index < -0.39 is 17.2 Å². The molecule has 6 heteroatoms. The van der Waals surface area contributed by atoms with Crippen LogP contribution in [0.15, 0.2) is 23.1 Å². The molecule has 0 aliphatic carbocycles. The topological polar surface area (TPSA) is 68.5 Å². The zero-order valence-corrected chi connectivity index (χ0v) is 11.9. The standard InChI is InChI=1S/C15H16FNO4/c1-3-21-15(20)11-8-17(4-5-18)13-7-12(16)9(2)6-10(13)14(11)19/h6-8,18H,3-5H2,1-2H3. The molecule has 1 heterocycles. The number of rotatable bonds is 4. The summed E-state index contributed by atoms with van der Waals surface area (Å²) in [5, 5.41) is 9.33. The fourth-order valence-corrected chi connectivity index (χ4v) is 2.17. The van der Waals surface area contributed by atoms with Gasteiger partial charge in [0.1, 0.15) is 11.4 Å². The highest BCUT2D eigenvalue weighted by Crippen LogP contribution is 2.17. The number of benzene rings is 1. The van der Waals surface area contributed by atoms with Gasteiger partial charge in [0.05, 0.1) is 18.7 Å². The van der Waals surface area contributed by atoms with Crippen molar-refractivity contribution in [3.8, 4) is 0 Å². The number of pyridine rings is 1. The Kier molecular flexibility index (Phi) is 4.37. The summed E-state index contributed by atoms with van der Waals surface area (Å²) in [4.78, 5) is 24.2. The van der Waals surface area contributed by atoms with Crippen molar-refractivity contribution < 1.29 is 19.0 Å². The van der Waals surface area contributed by atoms with Gasteiger partial charge in [-0.05, 0) is 31.5 Å². The molecule has 0 saturated carbocycles. The maximum atomic E-state index is 13.7. The monoisotopic (exact) mass is 293 g/mol. The maximum absolute atomic E-state index is 13.7. The molecule has 0 aliphatic heterocycles. The van der Waals surface area contributed by atoms with E-state index in [1.807, 2.05) is 0 Å². The number of esters is 1. The number of aromatic nitrogens is 1. The van der Waals surface area contributed by atoms with Crippen LogP contribution < -0.4 is 5.43 Å². The van der Waals surface area contributed by atoms with E-state index in [4.69, 9.17) is 9.84 Å². The number of hydrogen-bond acceptors (Lipinski definition) is 4. The molecule has 1 aromatic heterocycles. The molecular weight excluding hydrogens is 277 g/mol. The Morgan fingerprint density at radius 1 is 1.43 bits per heavy atom. The van der Waals surface area contributed by atoms with Crippen molar-refractivity contribution in [2.45, 2.75) is 20.4 Å². The summed E-state index contributed by atoms with van der Waals surface area (Å²) >= 11 is 0. The predicted octanol–water partition coefficient (Wildman–Crippen LogP) is 1.62. The molecule has 0 aliphatic rings. The number of carbonyl (C=O) groups is 1. The molecule has 0 bridgehead atoms. The normalized spacial score (nSPS) is 10.9. The number of ether oxygens (including phenoxy) is 1. The van der Waals surface area contributed by atoms with E-state index in [1.54, 1.807) is 13.8 Å². The molecule has 1 aromatic carbocycles. The first-order chi connectivity index (χ1) is 9.99. The van der Waals surface area contributed by atoms with Crippen molar-refractivity contribution in [1.82, 2.24) is 4.57 Å². The van der Waals surface area contributed by atoms with Crippen LogP contribution in [0.1, 0.15) is 22.8 Å². The number of halogens is 1. The van der Waals surface area contributed by atoms with E-state index in [0.29, 0.717) is 11.1 Å². The van der Waals surface area contributed by atoms with Gasteiger partial charge >= 0.3 is 5.97 Å². The molecule has 2 rings (SSSR count). The Hall–Kier alpha value is -2.21. The second kappa shape index (κ2) is 6.05. The van der Waals surface area contributed by atoms with Crippen LogP contribution in [0.25, 0.3) is 10.9 Å². The Bertz CT molecular complexity index is 751. The summed E-state index contributed by atoms with van der Waals surface area (Å²) in [5.41, 5.74) is 0.0332. The highest BCUT2D eigenvalue weighted by atomic mass is 19.1. The van der Waals surface area contributed by atoms with Crippen LogP contribution in [0.2, 0.25) is 0 Å². The van der Waals surface area contributed by atoms with Crippen LogP contribution >= 0.6 is 0 Å². The van der Waals surface area contributed by atoms with Crippen LogP contribution in [0.3, 0.4) is 0 Å². The second-order valence-electron chi connectivity index (χ2n) is 4.63. The Labute approximate surface area is 120 Å². The highest BCUT2D eigenvalue weighted by Gasteiger charge is 2.17. The largest absolute Gasteiger partial charge is 0.462 e. The first-order valence-corrected chi connectivity index (χ1v) is 6.60. The predicted molar refractivity (Wildman–Crippen MR) is 75.9 cm³/mol. The van der Waals surface area contributed by atoms with Crippen molar-refractivity contribution in [1.29, 1.82) is 0 Å². The average Bonchev–Trinajstić information content (AvgIpc) is 2.44. The molecule has 0 saturated heterocycles. The van der Waals surface area contributed by atoms with Crippen molar-refractivity contribution in [3.05, 3.63) is 45.5 Å². The number of aryl methyl sites for hydroxylation is 1. The van der Waals surface area contributed by atoms with E-state index in [2.05, 4.69) is 0 Å². The summed E-state index contributed by atoms with van der Waals surface area (Å²) in [5.74, 6) is -1.17. The van der Waals surface area contributed by atoms with Gasteiger partial charge in [0.25, 0.3) is 0 Å². The fourth-order valence-electron chi connectivity index (χ4n) is 2.17. The van der Waals surface area contributed by atoms with Gasteiger partial charge in [-0.25, -0.2) is 9.18 Å².